The summed E-state index contributed by atoms with van der Waals surface area (Å²) < 4.78 is 5.07. The van der Waals surface area contributed by atoms with Gasteiger partial charge in [0, 0.05) is 5.56 Å². The fraction of sp³-hybridized carbons (Fsp3) is 0.182. The lowest BCUT2D eigenvalue weighted by molar-refractivity contribution is 0.432. The maximum absolute atomic E-state index is 5.70. The zero-order chi connectivity index (χ0) is 10.1. The van der Waals surface area contributed by atoms with Crippen molar-refractivity contribution in [1.29, 1.82) is 0 Å². The predicted octanol–water partition coefficient (Wildman–Crippen LogP) is 2.54. The summed E-state index contributed by atoms with van der Waals surface area (Å²) in [4.78, 5) is 0. The molecule has 0 bridgehead atoms. The summed E-state index contributed by atoms with van der Waals surface area (Å²) >= 11 is 0. The summed E-state index contributed by atoms with van der Waals surface area (Å²) in [6.45, 7) is 4.13. The molecule has 3 nitrogen and oxygen atoms in total. The van der Waals surface area contributed by atoms with Gasteiger partial charge in [-0.2, -0.15) is 0 Å². The number of aromatic nitrogens is 1. The third-order valence-corrected chi connectivity index (χ3v) is 2.37. The Morgan fingerprint density at radius 3 is 2.57 bits per heavy atom. The SMILES string of the molecule is Cc1ccc(-c2oncc2N)cc1C. The van der Waals surface area contributed by atoms with E-state index in [2.05, 4.69) is 19.0 Å². The van der Waals surface area contributed by atoms with Gasteiger partial charge in [-0.05, 0) is 31.0 Å². The highest BCUT2D eigenvalue weighted by molar-refractivity contribution is 5.70. The molecule has 1 heterocycles. The van der Waals surface area contributed by atoms with Crippen LogP contribution in [0.4, 0.5) is 5.69 Å². The van der Waals surface area contributed by atoms with Gasteiger partial charge in [-0.15, -0.1) is 0 Å². The summed E-state index contributed by atoms with van der Waals surface area (Å²) in [6, 6.07) is 6.08. The summed E-state index contributed by atoms with van der Waals surface area (Å²) in [6.07, 6.45) is 1.52. The van der Waals surface area contributed by atoms with Crippen LogP contribution in [-0.4, -0.2) is 5.16 Å². The lowest BCUT2D eigenvalue weighted by Crippen LogP contribution is -1.86. The third kappa shape index (κ3) is 1.37. The van der Waals surface area contributed by atoms with Crippen LogP contribution in [0.25, 0.3) is 11.3 Å². The number of aryl methyl sites for hydroxylation is 2. The Morgan fingerprint density at radius 1 is 1.21 bits per heavy atom. The number of benzene rings is 1. The number of anilines is 1. The summed E-state index contributed by atoms with van der Waals surface area (Å²) in [7, 11) is 0. The van der Waals surface area contributed by atoms with E-state index in [0.29, 0.717) is 11.4 Å². The average molecular weight is 188 g/mol. The van der Waals surface area contributed by atoms with Crippen LogP contribution >= 0.6 is 0 Å². The highest BCUT2D eigenvalue weighted by Gasteiger charge is 2.07. The van der Waals surface area contributed by atoms with E-state index in [1.54, 1.807) is 0 Å². The quantitative estimate of drug-likeness (QED) is 0.748. The molecule has 3 heteroatoms. The first kappa shape index (κ1) is 8.81. The van der Waals surface area contributed by atoms with Gasteiger partial charge in [0.25, 0.3) is 0 Å². The number of nitrogens with two attached hydrogens (primary N) is 1. The van der Waals surface area contributed by atoms with Crippen molar-refractivity contribution in [3.05, 3.63) is 35.5 Å². The highest BCUT2D eigenvalue weighted by atomic mass is 16.5. The minimum Gasteiger partial charge on any atom is -0.394 e. The number of nitrogen functional groups attached to an aromatic ring is 1. The third-order valence-electron chi connectivity index (χ3n) is 2.37. The fourth-order valence-electron chi connectivity index (χ4n) is 1.35. The largest absolute Gasteiger partial charge is 0.394 e. The first-order valence-electron chi connectivity index (χ1n) is 4.46. The molecular formula is C11H12N2O. The van der Waals surface area contributed by atoms with Gasteiger partial charge in [-0.3, -0.25) is 0 Å². The van der Waals surface area contributed by atoms with E-state index in [1.807, 2.05) is 18.2 Å². The number of hydrogen-bond acceptors (Lipinski definition) is 3. The van der Waals surface area contributed by atoms with E-state index in [9.17, 15) is 0 Å². The minimum atomic E-state index is 0.577. The molecule has 0 amide bonds. The van der Waals surface area contributed by atoms with Gasteiger partial charge in [0.1, 0.15) is 5.69 Å². The predicted molar refractivity (Wildman–Crippen MR) is 55.8 cm³/mol. The molecule has 2 rings (SSSR count). The molecule has 0 aliphatic rings. The molecule has 0 saturated carbocycles. The van der Waals surface area contributed by atoms with Gasteiger partial charge >= 0.3 is 0 Å². The Bertz CT molecular complexity index is 460. The van der Waals surface area contributed by atoms with Crippen LogP contribution in [0.1, 0.15) is 11.1 Å². The van der Waals surface area contributed by atoms with Crippen molar-refractivity contribution in [2.24, 2.45) is 0 Å². The first-order valence-corrected chi connectivity index (χ1v) is 4.46. The van der Waals surface area contributed by atoms with Gasteiger partial charge in [-0.1, -0.05) is 17.3 Å². The summed E-state index contributed by atoms with van der Waals surface area (Å²) in [5.41, 5.74) is 9.73. The standard InChI is InChI=1S/C11H12N2O/c1-7-3-4-9(5-8(7)2)11-10(12)6-13-14-11/h3-6H,12H2,1-2H3. The second-order valence-corrected chi connectivity index (χ2v) is 3.41. The number of hydrogen-bond donors (Lipinski definition) is 1. The van der Waals surface area contributed by atoms with Gasteiger partial charge < -0.3 is 10.3 Å². The Kier molecular flexibility index (Phi) is 2.00. The van der Waals surface area contributed by atoms with Crippen LogP contribution in [0, 0.1) is 13.8 Å². The van der Waals surface area contributed by atoms with Crippen LogP contribution in [0.2, 0.25) is 0 Å². The van der Waals surface area contributed by atoms with Crippen molar-refractivity contribution in [2.45, 2.75) is 13.8 Å². The molecular weight excluding hydrogens is 176 g/mol. The molecule has 1 aromatic heterocycles. The van der Waals surface area contributed by atoms with Crippen LogP contribution in [0.5, 0.6) is 0 Å². The maximum atomic E-state index is 5.70. The lowest BCUT2D eigenvalue weighted by Gasteiger charge is -2.02. The molecule has 2 aromatic rings. The van der Waals surface area contributed by atoms with Gasteiger partial charge in [0.2, 0.25) is 0 Å². The Balaban J connectivity index is 2.53. The maximum Gasteiger partial charge on any atom is 0.189 e. The molecule has 0 aliphatic heterocycles. The molecule has 72 valence electrons. The van der Waals surface area contributed by atoms with Crippen molar-refractivity contribution in [3.8, 4) is 11.3 Å². The van der Waals surface area contributed by atoms with Gasteiger partial charge in [-0.25, -0.2) is 0 Å². The van der Waals surface area contributed by atoms with Crippen molar-refractivity contribution in [2.75, 3.05) is 5.73 Å². The summed E-state index contributed by atoms with van der Waals surface area (Å²) in [5.74, 6) is 0.646. The second-order valence-electron chi connectivity index (χ2n) is 3.41. The monoisotopic (exact) mass is 188 g/mol. The summed E-state index contributed by atoms with van der Waals surface area (Å²) in [5, 5.41) is 3.65. The second kappa shape index (κ2) is 3.18. The van der Waals surface area contributed by atoms with E-state index in [4.69, 9.17) is 10.3 Å². The van der Waals surface area contributed by atoms with E-state index in [1.165, 1.54) is 17.3 Å². The van der Waals surface area contributed by atoms with E-state index >= 15 is 0 Å². The van der Waals surface area contributed by atoms with Crippen molar-refractivity contribution >= 4 is 5.69 Å². The van der Waals surface area contributed by atoms with Crippen molar-refractivity contribution in [3.63, 3.8) is 0 Å². The molecule has 14 heavy (non-hydrogen) atoms. The van der Waals surface area contributed by atoms with E-state index in [-0.39, 0.29) is 0 Å². The average Bonchev–Trinajstić information content (AvgIpc) is 2.57. The number of nitrogens with zero attached hydrogens (tertiary/aromatic N) is 1. The molecule has 0 fully saturated rings. The molecule has 0 saturated heterocycles. The van der Waals surface area contributed by atoms with Crippen molar-refractivity contribution < 1.29 is 4.52 Å². The zero-order valence-corrected chi connectivity index (χ0v) is 8.24. The van der Waals surface area contributed by atoms with Gasteiger partial charge in [0.15, 0.2) is 5.76 Å². The van der Waals surface area contributed by atoms with Crippen LogP contribution in [0.3, 0.4) is 0 Å². The van der Waals surface area contributed by atoms with Gasteiger partial charge in [0.05, 0.1) is 6.20 Å². The molecule has 0 aliphatic carbocycles. The van der Waals surface area contributed by atoms with Crippen LogP contribution in [0.15, 0.2) is 28.9 Å². The molecule has 0 atom stereocenters. The Labute approximate surface area is 82.5 Å². The molecule has 0 radical (unpaired) electrons. The highest BCUT2D eigenvalue weighted by Crippen LogP contribution is 2.26. The normalized spacial score (nSPS) is 10.4. The topological polar surface area (TPSA) is 52.0 Å². The van der Waals surface area contributed by atoms with E-state index in [0.717, 1.165) is 5.56 Å². The molecule has 2 N–H and O–H groups in total. The molecule has 0 spiro atoms. The minimum absolute atomic E-state index is 0.577. The van der Waals surface area contributed by atoms with Crippen LogP contribution in [-0.2, 0) is 0 Å². The smallest absolute Gasteiger partial charge is 0.189 e. The lowest BCUT2D eigenvalue weighted by atomic mass is 10.0. The number of rotatable bonds is 1. The Morgan fingerprint density at radius 2 is 2.00 bits per heavy atom. The fourth-order valence-corrected chi connectivity index (χ4v) is 1.35. The molecule has 1 aromatic carbocycles. The van der Waals surface area contributed by atoms with E-state index < -0.39 is 0 Å². The first-order chi connectivity index (χ1) is 6.68. The Hall–Kier alpha value is -1.77. The zero-order valence-electron chi connectivity index (χ0n) is 8.24. The van der Waals surface area contributed by atoms with Crippen molar-refractivity contribution in [1.82, 2.24) is 5.16 Å². The molecule has 0 unspecified atom stereocenters. The van der Waals surface area contributed by atoms with Crippen LogP contribution < -0.4 is 5.73 Å².